The molecule has 0 amide bonds. The van der Waals surface area contributed by atoms with Crippen molar-refractivity contribution in [3.05, 3.63) is 4.91 Å². The van der Waals surface area contributed by atoms with Gasteiger partial charge in [-0.3, -0.25) is 5.01 Å². The lowest BCUT2D eigenvalue weighted by Gasteiger charge is -2.04. The minimum atomic E-state index is 0.778. The predicted octanol–water partition coefficient (Wildman–Crippen LogP) is 1.40. The van der Waals surface area contributed by atoms with Crippen molar-refractivity contribution >= 4 is 0 Å². The molecule has 0 spiro atoms. The summed E-state index contributed by atoms with van der Waals surface area (Å²) >= 11 is 0. The summed E-state index contributed by atoms with van der Waals surface area (Å²) in [6.45, 7) is 2.86. The first-order valence-electron chi connectivity index (χ1n) is 2.85. The van der Waals surface area contributed by atoms with E-state index >= 15 is 0 Å². The molecule has 0 N–H and O–H groups in total. The molecule has 0 fully saturated rings. The van der Waals surface area contributed by atoms with Crippen LogP contribution in [0.25, 0.3) is 0 Å². The largest absolute Gasteiger partial charge is 0.264 e. The van der Waals surface area contributed by atoms with E-state index in [0.717, 1.165) is 19.4 Å². The smallest absolute Gasteiger partial charge is 0.0521 e. The first-order valence-corrected chi connectivity index (χ1v) is 2.85. The highest BCUT2D eigenvalue weighted by Crippen LogP contribution is 1.89. The van der Waals surface area contributed by atoms with Gasteiger partial charge in [0, 0.05) is 13.6 Å². The molecule has 0 aromatic rings. The quantitative estimate of drug-likeness (QED) is 0.411. The van der Waals surface area contributed by atoms with Gasteiger partial charge in [0.25, 0.3) is 0 Å². The van der Waals surface area contributed by atoms with Crippen LogP contribution >= 0.6 is 0 Å². The molecule has 3 heteroatoms. The molecule has 0 aromatic carbocycles. The second-order valence-corrected chi connectivity index (χ2v) is 1.82. The third-order valence-electron chi connectivity index (χ3n) is 0.975. The summed E-state index contributed by atoms with van der Waals surface area (Å²) in [5.74, 6) is 0. The number of hydrogen-bond acceptors (Lipinski definition) is 2. The second kappa shape index (κ2) is 4.56. The van der Waals surface area contributed by atoms with Crippen LogP contribution in [0.5, 0.6) is 0 Å². The highest BCUT2D eigenvalue weighted by atomic mass is 16.3. The predicted molar refractivity (Wildman–Crippen MR) is 33.3 cm³/mol. The van der Waals surface area contributed by atoms with E-state index in [4.69, 9.17) is 0 Å². The van der Waals surface area contributed by atoms with E-state index in [1.54, 1.807) is 7.05 Å². The lowest BCUT2D eigenvalue weighted by atomic mass is 10.3. The van der Waals surface area contributed by atoms with Crippen LogP contribution in [0.3, 0.4) is 0 Å². The lowest BCUT2D eigenvalue weighted by molar-refractivity contribution is 0.342. The summed E-state index contributed by atoms with van der Waals surface area (Å²) < 4.78 is 0. The van der Waals surface area contributed by atoms with Gasteiger partial charge in [-0.25, -0.2) is 0 Å². The zero-order chi connectivity index (χ0) is 6.41. The maximum atomic E-state index is 9.69. The molecule has 0 unspecified atom stereocenters. The van der Waals surface area contributed by atoms with Crippen LogP contribution in [0.15, 0.2) is 5.29 Å². The zero-order valence-corrected chi connectivity index (χ0v) is 5.42. The topological polar surface area (TPSA) is 32.7 Å². The van der Waals surface area contributed by atoms with Crippen LogP contribution < -0.4 is 0 Å². The van der Waals surface area contributed by atoms with Crippen LogP contribution in [0.2, 0.25) is 0 Å². The molecular weight excluding hydrogens is 104 g/mol. The summed E-state index contributed by atoms with van der Waals surface area (Å²) in [7, 11) is 1.68. The number of unbranched alkanes of at least 4 members (excludes halogenated alkanes) is 1. The Morgan fingerprint density at radius 2 is 2.25 bits per heavy atom. The molecule has 0 saturated carbocycles. The van der Waals surface area contributed by atoms with Crippen LogP contribution in [0.4, 0.5) is 0 Å². The Hall–Kier alpha value is -0.600. The summed E-state index contributed by atoms with van der Waals surface area (Å²) in [6, 6.07) is 0. The SMILES string of the molecule is CCCCN(C)N=O. The van der Waals surface area contributed by atoms with Gasteiger partial charge in [-0.2, -0.15) is 0 Å². The Morgan fingerprint density at radius 1 is 1.62 bits per heavy atom. The molecule has 48 valence electrons. The van der Waals surface area contributed by atoms with Crippen LogP contribution in [0.1, 0.15) is 19.8 Å². The summed E-state index contributed by atoms with van der Waals surface area (Å²) in [4.78, 5) is 9.69. The average molecular weight is 116 g/mol. The van der Waals surface area contributed by atoms with Gasteiger partial charge in [0.05, 0.1) is 5.29 Å². The fourth-order valence-electron chi connectivity index (χ4n) is 0.428. The Kier molecular flexibility index (Phi) is 4.21. The van der Waals surface area contributed by atoms with Gasteiger partial charge in [0.2, 0.25) is 0 Å². The molecular formula is C5H12N2O. The van der Waals surface area contributed by atoms with Crippen molar-refractivity contribution in [2.24, 2.45) is 5.29 Å². The Morgan fingerprint density at radius 3 is 2.62 bits per heavy atom. The fourth-order valence-corrected chi connectivity index (χ4v) is 0.428. The van der Waals surface area contributed by atoms with E-state index in [1.165, 1.54) is 5.01 Å². The van der Waals surface area contributed by atoms with Crippen molar-refractivity contribution in [2.45, 2.75) is 19.8 Å². The number of hydrogen-bond donors (Lipinski definition) is 0. The van der Waals surface area contributed by atoms with Crippen LogP contribution in [-0.4, -0.2) is 18.6 Å². The van der Waals surface area contributed by atoms with Gasteiger partial charge in [0.15, 0.2) is 0 Å². The van der Waals surface area contributed by atoms with Gasteiger partial charge in [-0.15, -0.1) is 4.91 Å². The van der Waals surface area contributed by atoms with Gasteiger partial charge in [-0.05, 0) is 6.42 Å². The van der Waals surface area contributed by atoms with E-state index in [-0.39, 0.29) is 0 Å². The van der Waals surface area contributed by atoms with Crippen molar-refractivity contribution in [3.63, 3.8) is 0 Å². The molecule has 3 nitrogen and oxygen atoms in total. The number of rotatable bonds is 4. The first-order chi connectivity index (χ1) is 3.81. The van der Waals surface area contributed by atoms with Gasteiger partial charge < -0.3 is 0 Å². The van der Waals surface area contributed by atoms with Gasteiger partial charge in [0.1, 0.15) is 0 Å². The molecule has 0 aliphatic carbocycles. The lowest BCUT2D eigenvalue weighted by Crippen LogP contribution is -2.10. The summed E-state index contributed by atoms with van der Waals surface area (Å²) in [5.41, 5.74) is 0. The van der Waals surface area contributed by atoms with Crippen molar-refractivity contribution in [3.8, 4) is 0 Å². The molecule has 0 rings (SSSR count). The summed E-state index contributed by atoms with van der Waals surface area (Å²) in [5, 5.41) is 4.12. The van der Waals surface area contributed by atoms with E-state index in [1.807, 2.05) is 0 Å². The number of nitrogens with zero attached hydrogens (tertiary/aromatic N) is 2. The van der Waals surface area contributed by atoms with Crippen molar-refractivity contribution in [2.75, 3.05) is 13.6 Å². The van der Waals surface area contributed by atoms with Crippen LogP contribution in [-0.2, 0) is 0 Å². The Bertz CT molecular complexity index is 65.4. The molecule has 0 saturated heterocycles. The highest BCUT2D eigenvalue weighted by Gasteiger charge is 1.89. The standard InChI is InChI=1S/C5H12N2O/c1-3-4-5-7(2)6-8/h3-5H2,1-2H3. The zero-order valence-electron chi connectivity index (χ0n) is 5.42. The maximum Gasteiger partial charge on any atom is 0.0521 e. The number of nitroso groups, excluding NO2 is 1. The van der Waals surface area contributed by atoms with E-state index in [0.29, 0.717) is 0 Å². The van der Waals surface area contributed by atoms with E-state index in [9.17, 15) is 4.91 Å². The first kappa shape index (κ1) is 7.40. The molecule has 0 aliphatic heterocycles. The van der Waals surface area contributed by atoms with Gasteiger partial charge in [-0.1, -0.05) is 13.3 Å². The molecule has 0 bridgehead atoms. The van der Waals surface area contributed by atoms with Crippen molar-refractivity contribution in [1.29, 1.82) is 0 Å². The normalized spacial score (nSPS) is 8.75. The monoisotopic (exact) mass is 116 g/mol. The molecule has 8 heavy (non-hydrogen) atoms. The Labute approximate surface area is 49.6 Å². The molecule has 0 aromatic heterocycles. The average Bonchev–Trinajstić information content (AvgIpc) is 1.83. The summed E-state index contributed by atoms with van der Waals surface area (Å²) in [6.07, 6.45) is 2.15. The third kappa shape index (κ3) is 3.59. The Balaban J connectivity index is 2.98. The molecule has 0 radical (unpaired) electrons. The van der Waals surface area contributed by atoms with Crippen molar-refractivity contribution in [1.82, 2.24) is 5.01 Å². The van der Waals surface area contributed by atoms with Crippen LogP contribution in [0, 0.1) is 4.91 Å². The maximum absolute atomic E-state index is 9.69. The fraction of sp³-hybridized carbons (Fsp3) is 1.00. The van der Waals surface area contributed by atoms with Gasteiger partial charge >= 0.3 is 0 Å². The molecule has 0 atom stereocenters. The second-order valence-electron chi connectivity index (χ2n) is 1.82. The van der Waals surface area contributed by atoms with Crippen molar-refractivity contribution < 1.29 is 0 Å². The molecule has 0 aliphatic rings. The molecule has 0 heterocycles. The van der Waals surface area contributed by atoms with E-state index < -0.39 is 0 Å². The third-order valence-corrected chi connectivity index (χ3v) is 0.975. The van der Waals surface area contributed by atoms with E-state index in [2.05, 4.69) is 12.2 Å². The minimum Gasteiger partial charge on any atom is -0.264 e. The minimum absolute atomic E-state index is 0.778. The highest BCUT2D eigenvalue weighted by molar-refractivity contribution is 4.40.